The first-order valence-corrected chi connectivity index (χ1v) is 8.97. The maximum absolute atomic E-state index is 13.1. The van der Waals surface area contributed by atoms with Crippen LogP contribution in [0.3, 0.4) is 0 Å². The lowest BCUT2D eigenvalue weighted by Crippen LogP contribution is -2.32. The van der Waals surface area contributed by atoms with Crippen LogP contribution in [0.25, 0.3) is 11.0 Å². The van der Waals surface area contributed by atoms with E-state index in [4.69, 9.17) is 5.26 Å². The van der Waals surface area contributed by atoms with Crippen molar-refractivity contribution in [2.24, 2.45) is 0 Å². The SMILES string of the molecule is N#CCCN(c1ccccc1)S(=O)(=O)c1cccc2nsnc12. The van der Waals surface area contributed by atoms with E-state index in [0.29, 0.717) is 16.7 Å². The Morgan fingerprint density at radius 2 is 1.87 bits per heavy atom. The van der Waals surface area contributed by atoms with Crippen LogP contribution in [0, 0.1) is 11.3 Å². The normalized spacial score (nSPS) is 11.3. The molecule has 0 saturated heterocycles. The number of aromatic nitrogens is 2. The highest BCUT2D eigenvalue weighted by molar-refractivity contribution is 7.93. The van der Waals surface area contributed by atoms with Crippen LogP contribution in [-0.4, -0.2) is 23.7 Å². The number of fused-ring (bicyclic) bond motifs is 1. The summed E-state index contributed by atoms with van der Waals surface area (Å²) in [5.41, 5.74) is 1.42. The Morgan fingerprint density at radius 3 is 2.61 bits per heavy atom. The van der Waals surface area contributed by atoms with Gasteiger partial charge in [0.2, 0.25) is 0 Å². The molecule has 0 aliphatic heterocycles. The molecule has 0 spiro atoms. The van der Waals surface area contributed by atoms with Crippen LogP contribution in [0.2, 0.25) is 0 Å². The third-order valence-corrected chi connectivity index (χ3v) is 5.69. The van der Waals surface area contributed by atoms with Crippen LogP contribution in [0.4, 0.5) is 5.69 Å². The zero-order chi connectivity index (χ0) is 16.3. The first-order valence-electron chi connectivity index (χ1n) is 6.80. The number of sulfonamides is 1. The molecular formula is C15H12N4O2S2. The number of para-hydroxylation sites is 1. The predicted molar refractivity (Wildman–Crippen MR) is 88.6 cm³/mol. The molecule has 8 heteroatoms. The number of nitrogens with zero attached hydrogens (tertiary/aromatic N) is 4. The zero-order valence-corrected chi connectivity index (χ0v) is 13.6. The molecular weight excluding hydrogens is 332 g/mol. The van der Waals surface area contributed by atoms with E-state index in [1.54, 1.807) is 36.4 Å². The van der Waals surface area contributed by atoms with Crippen LogP contribution in [0.1, 0.15) is 6.42 Å². The predicted octanol–water partition coefficient (Wildman–Crippen LogP) is 2.80. The van der Waals surface area contributed by atoms with Crippen LogP contribution in [0.15, 0.2) is 53.4 Å². The summed E-state index contributed by atoms with van der Waals surface area (Å²) < 4.78 is 35.6. The van der Waals surface area contributed by atoms with Gasteiger partial charge in [0.15, 0.2) is 0 Å². The van der Waals surface area contributed by atoms with Crippen molar-refractivity contribution >= 4 is 38.5 Å². The van der Waals surface area contributed by atoms with E-state index in [0.717, 1.165) is 11.7 Å². The summed E-state index contributed by atoms with van der Waals surface area (Å²) in [4.78, 5) is 0.102. The first kappa shape index (κ1) is 15.4. The molecule has 0 aliphatic carbocycles. The second-order valence-electron chi connectivity index (χ2n) is 4.71. The Kier molecular flexibility index (Phi) is 4.23. The lowest BCUT2D eigenvalue weighted by Gasteiger charge is -2.23. The van der Waals surface area contributed by atoms with Crippen molar-refractivity contribution in [3.8, 4) is 6.07 Å². The van der Waals surface area contributed by atoms with Crippen molar-refractivity contribution in [1.29, 1.82) is 5.26 Å². The fourth-order valence-corrected chi connectivity index (χ4v) is 4.46. The molecule has 23 heavy (non-hydrogen) atoms. The van der Waals surface area contributed by atoms with Gasteiger partial charge >= 0.3 is 0 Å². The second kappa shape index (κ2) is 6.32. The topological polar surface area (TPSA) is 87.0 Å². The molecule has 1 aromatic heterocycles. The quantitative estimate of drug-likeness (QED) is 0.710. The molecule has 0 aliphatic rings. The van der Waals surface area contributed by atoms with Crippen molar-refractivity contribution in [2.75, 3.05) is 10.8 Å². The third-order valence-electron chi connectivity index (χ3n) is 3.29. The summed E-state index contributed by atoms with van der Waals surface area (Å²) in [7, 11) is -3.84. The zero-order valence-electron chi connectivity index (χ0n) is 12.0. The molecule has 2 aromatic carbocycles. The average molecular weight is 344 g/mol. The van der Waals surface area contributed by atoms with Gasteiger partial charge in [0.1, 0.15) is 15.9 Å². The van der Waals surface area contributed by atoms with Crippen molar-refractivity contribution < 1.29 is 8.42 Å². The number of benzene rings is 2. The number of rotatable bonds is 5. The van der Waals surface area contributed by atoms with Crippen LogP contribution in [0.5, 0.6) is 0 Å². The lowest BCUT2D eigenvalue weighted by atomic mass is 10.3. The molecule has 0 bridgehead atoms. The van der Waals surface area contributed by atoms with Gasteiger partial charge in [-0.2, -0.15) is 14.0 Å². The summed E-state index contributed by atoms with van der Waals surface area (Å²) in [6, 6.07) is 15.6. The van der Waals surface area contributed by atoms with E-state index in [9.17, 15) is 8.42 Å². The standard InChI is InChI=1S/C15H12N4O2S2/c16-10-5-11-19(12-6-2-1-3-7-12)23(20,21)14-9-4-8-13-15(14)18-22-17-13/h1-4,6-9H,5,11H2. The van der Waals surface area contributed by atoms with Gasteiger partial charge in [-0.15, -0.1) is 0 Å². The summed E-state index contributed by atoms with van der Waals surface area (Å²) in [6.07, 6.45) is 0.0966. The summed E-state index contributed by atoms with van der Waals surface area (Å²) in [6.45, 7) is 0.0802. The van der Waals surface area contributed by atoms with Gasteiger partial charge in [-0.3, -0.25) is 4.31 Å². The van der Waals surface area contributed by atoms with Crippen molar-refractivity contribution in [2.45, 2.75) is 11.3 Å². The molecule has 0 N–H and O–H groups in total. The maximum Gasteiger partial charge on any atom is 0.266 e. The molecule has 1 heterocycles. The van der Waals surface area contributed by atoms with Crippen LogP contribution < -0.4 is 4.31 Å². The molecule has 0 atom stereocenters. The average Bonchev–Trinajstić information content (AvgIpc) is 3.04. The summed E-state index contributed by atoms with van der Waals surface area (Å²) >= 11 is 0.973. The van der Waals surface area contributed by atoms with Gasteiger partial charge in [0, 0.05) is 6.54 Å². The molecule has 0 unspecified atom stereocenters. The minimum atomic E-state index is -3.84. The van der Waals surface area contributed by atoms with Crippen LogP contribution >= 0.6 is 11.7 Å². The van der Waals surface area contributed by atoms with Gasteiger partial charge in [-0.25, -0.2) is 8.42 Å². The van der Waals surface area contributed by atoms with Crippen molar-refractivity contribution in [3.05, 3.63) is 48.5 Å². The van der Waals surface area contributed by atoms with E-state index in [1.165, 1.54) is 10.4 Å². The molecule has 116 valence electrons. The van der Waals surface area contributed by atoms with E-state index in [1.807, 2.05) is 12.1 Å². The number of anilines is 1. The Bertz CT molecular complexity index is 962. The Labute approximate surface area is 138 Å². The Morgan fingerprint density at radius 1 is 1.09 bits per heavy atom. The molecule has 3 rings (SSSR count). The first-order chi connectivity index (χ1) is 11.1. The van der Waals surface area contributed by atoms with Crippen molar-refractivity contribution in [3.63, 3.8) is 0 Å². The van der Waals surface area contributed by atoms with Gasteiger partial charge < -0.3 is 0 Å². The smallest absolute Gasteiger partial charge is 0.265 e. The number of hydrogen-bond donors (Lipinski definition) is 0. The lowest BCUT2D eigenvalue weighted by molar-refractivity contribution is 0.591. The summed E-state index contributed by atoms with van der Waals surface area (Å²) in [5.74, 6) is 0. The minimum Gasteiger partial charge on any atom is -0.265 e. The molecule has 0 radical (unpaired) electrons. The molecule has 3 aromatic rings. The minimum absolute atomic E-state index is 0.0802. The Hall–Kier alpha value is -2.50. The highest BCUT2D eigenvalue weighted by Crippen LogP contribution is 2.28. The summed E-state index contributed by atoms with van der Waals surface area (Å²) in [5, 5.41) is 8.84. The fourth-order valence-electron chi connectivity index (χ4n) is 2.24. The number of nitriles is 1. The fraction of sp³-hybridized carbons (Fsp3) is 0.133. The van der Waals surface area contributed by atoms with Gasteiger partial charge in [0.05, 0.1) is 29.9 Å². The molecule has 6 nitrogen and oxygen atoms in total. The highest BCUT2D eigenvalue weighted by Gasteiger charge is 2.27. The monoisotopic (exact) mass is 344 g/mol. The van der Waals surface area contributed by atoms with Gasteiger partial charge in [-0.1, -0.05) is 24.3 Å². The van der Waals surface area contributed by atoms with E-state index >= 15 is 0 Å². The maximum atomic E-state index is 13.1. The van der Waals surface area contributed by atoms with Gasteiger partial charge in [-0.05, 0) is 24.3 Å². The molecule has 0 fully saturated rings. The van der Waals surface area contributed by atoms with Crippen LogP contribution in [-0.2, 0) is 10.0 Å². The van der Waals surface area contributed by atoms with E-state index < -0.39 is 10.0 Å². The van der Waals surface area contributed by atoms with Gasteiger partial charge in [0.25, 0.3) is 10.0 Å². The Balaban J connectivity index is 2.14. The number of hydrogen-bond acceptors (Lipinski definition) is 6. The second-order valence-corrected chi connectivity index (χ2v) is 7.07. The van der Waals surface area contributed by atoms with Crippen molar-refractivity contribution in [1.82, 2.24) is 8.75 Å². The third kappa shape index (κ3) is 2.88. The highest BCUT2D eigenvalue weighted by atomic mass is 32.2. The molecule has 0 amide bonds. The largest absolute Gasteiger partial charge is 0.266 e. The van der Waals surface area contributed by atoms with E-state index in [2.05, 4.69) is 8.75 Å². The van der Waals surface area contributed by atoms with E-state index in [-0.39, 0.29) is 17.9 Å². The molecule has 0 saturated carbocycles.